The first-order valence-electron chi connectivity index (χ1n) is 10.1. The molecule has 0 amide bonds. The molecule has 0 aromatic heterocycles. The SMILES string of the molecule is COc1ccc(CCCN[C@H]2CCCCC2N2CCOCC2)cc1OC.Cl. The van der Waals surface area contributed by atoms with E-state index in [0.29, 0.717) is 12.1 Å². The lowest BCUT2D eigenvalue weighted by Gasteiger charge is -2.42. The van der Waals surface area contributed by atoms with Crippen LogP contribution in [0.3, 0.4) is 0 Å². The van der Waals surface area contributed by atoms with Crippen molar-refractivity contribution in [2.75, 3.05) is 47.1 Å². The van der Waals surface area contributed by atoms with E-state index in [1.54, 1.807) is 14.2 Å². The molecule has 1 unspecified atom stereocenters. The summed E-state index contributed by atoms with van der Waals surface area (Å²) in [5.74, 6) is 1.61. The summed E-state index contributed by atoms with van der Waals surface area (Å²) in [7, 11) is 3.37. The molecule has 3 rings (SSSR count). The summed E-state index contributed by atoms with van der Waals surface area (Å²) in [5.41, 5.74) is 1.30. The fraction of sp³-hybridized carbons (Fsp3) is 0.714. The molecule has 0 spiro atoms. The van der Waals surface area contributed by atoms with Crippen molar-refractivity contribution >= 4 is 12.4 Å². The number of nitrogens with zero attached hydrogens (tertiary/aromatic N) is 1. The molecule has 1 aromatic carbocycles. The van der Waals surface area contributed by atoms with Crippen LogP contribution >= 0.6 is 12.4 Å². The summed E-state index contributed by atoms with van der Waals surface area (Å²) in [6.07, 6.45) is 7.55. The largest absolute Gasteiger partial charge is 0.493 e. The maximum Gasteiger partial charge on any atom is 0.160 e. The molecule has 2 aliphatic rings. The van der Waals surface area contributed by atoms with Crippen LogP contribution in [0.1, 0.15) is 37.7 Å². The van der Waals surface area contributed by atoms with Gasteiger partial charge in [-0.2, -0.15) is 0 Å². The second-order valence-electron chi connectivity index (χ2n) is 7.35. The predicted molar refractivity (Wildman–Crippen MR) is 112 cm³/mol. The first-order valence-corrected chi connectivity index (χ1v) is 10.1. The fourth-order valence-electron chi connectivity index (χ4n) is 4.31. The molecule has 1 N–H and O–H groups in total. The Morgan fingerprint density at radius 1 is 1.07 bits per heavy atom. The number of aryl methyl sites for hydroxylation is 1. The van der Waals surface area contributed by atoms with Gasteiger partial charge in [0.15, 0.2) is 11.5 Å². The van der Waals surface area contributed by atoms with Gasteiger partial charge >= 0.3 is 0 Å². The average Bonchev–Trinajstić information content (AvgIpc) is 2.72. The van der Waals surface area contributed by atoms with Gasteiger partial charge in [0.05, 0.1) is 27.4 Å². The Morgan fingerprint density at radius 2 is 1.81 bits per heavy atom. The van der Waals surface area contributed by atoms with Crippen molar-refractivity contribution in [3.8, 4) is 11.5 Å². The van der Waals surface area contributed by atoms with Crippen LogP contribution < -0.4 is 14.8 Å². The quantitative estimate of drug-likeness (QED) is 0.680. The van der Waals surface area contributed by atoms with Gasteiger partial charge in [0.25, 0.3) is 0 Å². The van der Waals surface area contributed by atoms with Crippen LogP contribution in [0.25, 0.3) is 0 Å². The van der Waals surface area contributed by atoms with Gasteiger partial charge in [-0.05, 0) is 49.9 Å². The zero-order valence-corrected chi connectivity index (χ0v) is 17.6. The molecule has 1 aliphatic carbocycles. The molecule has 0 radical (unpaired) electrons. The Bertz CT molecular complexity index is 552. The van der Waals surface area contributed by atoms with Gasteiger partial charge in [-0.15, -0.1) is 12.4 Å². The van der Waals surface area contributed by atoms with Crippen LogP contribution in [0.2, 0.25) is 0 Å². The Morgan fingerprint density at radius 3 is 2.56 bits per heavy atom. The van der Waals surface area contributed by atoms with E-state index in [9.17, 15) is 0 Å². The van der Waals surface area contributed by atoms with Gasteiger partial charge in [0, 0.05) is 25.2 Å². The van der Waals surface area contributed by atoms with E-state index in [2.05, 4.69) is 22.3 Å². The molecule has 1 heterocycles. The molecular weight excluding hydrogens is 364 g/mol. The van der Waals surface area contributed by atoms with E-state index >= 15 is 0 Å². The highest BCUT2D eigenvalue weighted by molar-refractivity contribution is 5.85. The minimum atomic E-state index is 0. The second-order valence-corrected chi connectivity index (χ2v) is 7.35. The van der Waals surface area contributed by atoms with Gasteiger partial charge in [0.2, 0.25) is 0 Å². The van der Waals surface area contributed by atoms with E-state index in [1.165, 1.54) is 31.2 Å². The highest BCUT2D eigenvalue weighted by Crippen LogP contribution is 2.28. The molecule has 1 saturated carbocycles. The monoisotopic (exact) mass is 398 g/mol. The normalized spacial score (nSPS) is 23.5. The number of ether oxygens (including phenoxy) is 3. The van der Waals surface area contributed by atoms with Gasteiger partial charge in [-0.25, -0.2) is 0 Å². The molecule has 2 atom stereocenters. The van der Waals surface area contributed by atoms with Crippen LogP contribution in [0, 0.1) is 0 Å². The minimum absolute atomic E-state index is 0. The third-order valence-corrected chi connectivity index (χ3v) is 5.74. The van der Waals surface area contributed by atoms with Crippen LogP contribution in [-0.2, 0) is 11.2 Å². The molecular formula is C21H35ClN2O3. The van der Waals surface area contributed by atoms with E-state index in [0.717, 1.165) is 57.2 Å². The molecule has 1 aliphatic heterocycles. The molecule has 2 fully saturated rings. The van der Waals surface area contributed by atoms with Crippen molar-refractivity contribution in [1.82, 2.24) is 10.2 Å². The maximum absolute atomic E-state index is 5.53. The van der Waals surface area contributed by atoms with Gasteiger partial charge < -0.3 is 19.5 Å². The number of nitrogens with one attached hydrogen (secondary N) is 1. The lowest BCUT2D eigenvalue weighted by atomic mass is 9.88. The summed E-state index contributed by atoms with van der Waals surface area (Å²) >= 11 is 0. The topological polar surface area (TPSA) is 43.0 Å². The molecule has 154 valence electrons. The number of benzene rings is 1. The molecule has 27 heavy (non-hydrogen) atoms. The first kappa shape index (κ1) is 22.3. The zero-order chi connectivity index (χ0) is 18.2. The summed E-state index contributed by atoms with van der Waals surface area (Å²) in [6, 6.07) is 7.55. The lowest BCUT2D eigenvalue weighted by molar-refractivity contribution is -0.000241. The molecule has 0 bridgehead atoms. The number of methoxy groups -OCH3 is 2. The van der Waals surface area contributed by atoms with Gasteiger partial charge in [-0.3, -0.25) is 4.90 Å². The van der Waals surface area contributed by atoms with Crippen molar-refractivity contribution in [2.24, 2.45) is 0 Å². The van der Waals surface area contributed by atoms with E-state index < -0.39 is 0 Å². The van der Waals surface area contributed by atoms with Crippen LogP contribution in [0.15, 0.2) is 18.2 Å². The maximum atomic E-state index is 5.53. The van der Waals surface area contributed by atoms with Crippen molar-refractivity contribution in [1.29, 1.82) is 0 Å². The van der Waals surface area contributed by atoms with E-state index in [4.69, 9.17) is 14.2 Å². The highest BCUT2D eigenvalue weighted by atomic mass is 35.5. The summed E-state index contributed by atoms with van der Waals surface area (Å²) < 4.78 is 16.2. The summed E-state index contributed by atoms with van der Waals surface area (Å²) in [4.78, 5) is 2.65. The zero-order valence-electron chi connectivity index (χ0n) is 16.7. The average molecular weight is 399 g/mol. The number of halogens is 1. The van der Waals surface area contributed by atoms with Crippen molar-refractivity contribution in [2.45, 2.75) is 50.6 Å². The Hall–Kier alpha value is -1.01. The second kappa shape index (κ2) is 11.7. The third kappa shape index (κ3) is 6.24. The molecule has 6 heteroatoms. The van der Waals surface area contributed by atoms with Crippen molar-refractivity contribution in [3.05, 3.63) is 23.8 Å². The number of hydrogen-bond acceptors (Lipinski definition) is 5. The first-order chi connectivity index (χ1) is 12.8. The standard InChI is InChI=1S/C21H34N2O3.ClH/c1-24-20-10-9-17(16-21(20)25-2)6-5-11-22-18-7-3-4-8-19(18)23-12-14-26-15-13-23;/h9-10,16,18-19,22H,3-8,11-15H2,1-2H3;1H/t18-,19?;/m0./s1. The highest BCUT2D eigenvalue weighted by Gasteiger charge is 2.30. The predicted octanol–water partition coefficient (Wildman–Crippen LogP) is 3.29. The molecule has 1 aromatic rings. The molecule has 5 nitrogen and oxygen atoms in total. The van der Waals surface area contributed by atoms with E-state index in [-0.39, 0.29) is 12.4 Å². The number of hydrogen-bond donors (Lipinski definition) is 1. The minimum Gasteiger partial charge on any atom is -0.493 e. The van der Waals surface area contributed by atoms with Crippen LogP contribution in [0.4, 0.5) is 0 Å². The molecule has 1 saturated heterocycles. The van der Waals surface area contributed by atoms with Crippen molar-refractivity contribution in [3.63, 3.8) is 0 Å². The van der Waals surface area contributed by atoms with Crippen LogP contribution in [-0.4, -0.2) is 64.1 Å². The number of rotatable bonds is 8. The van der Waals surface area contributed by atoms with Crippen LogP contribution in [0.5, 0.6) is 11.5 Å². The Kier molecular flexibility index (Phi) is 9.69. The summed E-state index contributed by atoms with van der Waals surface area (Å²) in [5, 5.41) is 3.85. The third-order valence-electron chi connectivity index (χ3n) is 5.74. The van der Waals surface area contributed by atoms with Crippen molar-refractivity contribution < 1.29 is 14.2 Å². The van der Waals surface area contributed by atoms with E-state index in [1.807, 2.05) is 6.07 Å². The van der Waals surface area contributed by atoms with Gasteiger partial charge in [-0.1, -0.05) is 18.9 Å². The lowest BCUT2D eigenvalue weighted by Crippen LogP contribution is -2.55. The smallest absolute Gasteiger partial charge is 0.160 e. The fourth-order valence-corrected chi connectivity index (χ4v) is 4.31. The Balaban J connectivity index is 0.00000261. The van der Waals surface area contributed by atoms with Gasteiger partial charge in [0.1, 0.15) is 0 Å². The number of morpholine rings is 1. The summed E-state index contributed by atoms with van der Waals surface area (Å²) in [6.45, 7) is 5.04. The Labute approximate surface area is 170 Å².